The summed E-state index contributed by atoms with van der Waals surface area (Å²) in [7, 11) is 0. The van der Waals surface area contributed by atoms with Gasteiger partial charge in [-0.25, -0.2) is 14.4 Å². The van der Waals surface area contributed by atoms with Gasteiger partial charge in [-0.3, -0.25) is 4.98 Å². The van der Waals surface area contributed by atoms with Gasteiger partial charge >= 0.3 is 0 Å². The Morgan fingerprint density at radius 1 is 1.24 bits per heavy atom. The lowest BCUT2D eigenvalue weighted by atomic mass is 9.84. The number of rotatable bonds is 5. The van der Waals surface area contributed by atoms with Crippen LogP contribution >= 0.6 is 0 Å². The molecule has 4 rings (SSSR count). The van der Waals surface area contributed by atoms with Crippen LogP contribution in [0.1, 0.15) is 82.5 Å². The number of allylic oxidation sites excluding steroid dienone is 4. The predicted molar refractivity (Wildman–Crippen MR) is 151 cm³/mol. The van der Waals surface area contributed by atoms with Crippen molar-refractivity contribution in [2.75, 3.05) is 0 Å². The van der Waals surface area contributed by atoms with E-state index in [0.29, 0.717) is 34.1 Å². The van der Waals surface area contributed by atoms with Crippen molar-refractivity contribution in [1.82, 2.24) is 15.0 Å². The van der Waals surface area contributed by atoms with Crippen LogP contribution in [0.5, 0.6) is 0 Å². The number of nitrogens with zero attached hydrogens (tertiary/aromatic N) is 3. The van der Waals surface area contributed by atoms with Crippen molar-refractivity contribution in [1.29, 1.82) is 0 Å². The summed E-state index contributed by atoms with van der Waals surface area (Å²) in [6.07, 6.45) is 10.8. The SMILES string of the molecule is C=CC.CC.Cc1cccc(F)c1/C(N)=C/C1=C(N)C(c2cncc(-c3cnc(C(C)(C)O)o3)n2)CCC1. The zero-order valence-electron chi connectivity index (χ0n) is 23.3. The van der Waals surface area contributed by atoms with Gasteiger partial charge in [0.25, 0.3) is 0 Å². The van der Waals surface area contributed by atoms with Gasteiger partial charge in [-0.15, -0.1) is 6.58 Å². The Kier molecular flexibility index (Phi) is 11.0. The zero-order valence-corrected chi connectivity index (χ0v) is 23.3. The van der Waals surface area contributed by atoms with Crippen LogP contribution in [0.2, 0.25) is 0 Å². The van der Waals surface area contributed by atoms with Gasteiger partial charge in [0.1, 0.15) is 17.1 Å². The van der Waals surface area contributed by atoms with Crippen LogP contribution in [0.4, 0.5) is 4.39 Å². The van der Waals surface area contributed by atoms with Gasteiger partial charge in [0.2, 0.25) is 5.89 Å². The molecule has 2 heterocycles. The molecule has 8 heteroatoms. The molecule has 0 saturated heterocycles. The number of benzene rings is 1. The van der Waals surface area contributed by atoms with Gasteiger partial charge in [0.05, 0.1) is 18.1 Å². The first-order valence-electron chi connectivity index (χ1n) is 12.9. The standard InChI is InChI=1S/C25H28FN5O2.C3H6.C2H6/c1-14-6-4-9-17(26)22(14)18(27)10-15-7-5-8-16(23(15)28)19-11-29-12-20(31-19)21-13-30-24(33-21)25(2,3)32;1-3-2;1-2/h4,6,9-13,16,32H,5,7-8,27-28H2,1-3H3;3H,1H2,2H3;1-2H3/b18-10-;;. The second kappa shape index (κ2) is 13.7. The minimum atomic E-state index is -1.20. The maximum atomic E-state index is 14.4. The Labute approximate surface area is 225 Å². The highest BCUT2D eigenvalue weighted by molar-refractivity contribution is 5.69. The number of hydrogen-bond acceptors (Lipinski definition) is 7. The molecule has 0 fully saturated rings. The largest absolute Gasteiger partial charge is 0.436 e. The molecule has 0 aliphatic heterocycles. The fraction of sp³-hybridized carbons (Fsp3) is 0.367. The van der Waals surface area contributed by atoms with E-state index in [-0.39, 0.29) is 17.6 Å². The van der Waals surface area contributed by atoms with Crippen molar-refractivity contribution in [3.63, 3.8) is 0 Å². The van der Waals surface area contributed by atoms with Crippen molar-refractivity contribution < 1.29 is 13.9 Å². The van der Waals surface area contributed by atoms with E-state index in [9.17, 15) is 9.50 Å². The van der Waals surface area contributed by atoms with E-state index < -0.39 is 5.60 Å². The summed E-state index contributed by atoms with van der Waals surface area (Å²) in [5, 5.41) is 10.1. The number of aliphatic hydroxyl groups is 1. The predicted octanol–water partition coefficient (Wildman–Crippen LogP) is 6.51. The van der Waals surface area contributed by atoms with Crippen molar-refractivity contribution in [2.24, 2.45) is 11.5 Å². The number of halogens is 1. The van der Waals surface area contributed by atoms with E-state index in [1.165, 1.54) is 12.3 Å². The van der Waals surface area contributed by atoms with E-state index in [4.69, 9.17) is 20.9 Å². The molecule has 0 amide bonds. The van der Waals surface area contributed by atoms with Crippen molar-refractivity contribution in [3.8, 4) is 11.5 Å². The minimum Gasteiger partial charge on any atom is -0.436 e. The summed E-state index contributed by atoms with van der Waals surface area (Å²) in [5.74, 6) is 0.113. The number of nitrogens with two attached hydrogens (primary N) is 2. The number of aromatic nitrogens is 3. The lowest BCUT2D eigenvalue weighted by Crippen LogP contribution is -2.19. The van der Waals surface area contributed by atoms with Gasteiger partial charge in [-0.1, -0.05) is 32.1 Å². The molecule has 204 valence electrons. The quantitative estimate of drug-likeness (QED) is 0.327. The van der Waals surface area contributed by atoms with Crippen LogP contribution in [-0.4, -0.2) is 20.1 Å². The number of oxazole rings is 1. The molecule has 38 heavy (non-hydrogen) atoms. The minimum absolute atomic E-state index is 0.149. The smallest absolute Gasteiger partial charge is 0.226 e. The topological polar surface area (TPSA) is 124 Å². The monoisotopic (exact) mass is 521 g/mol. The summed E-state index contributed by atoms with van der Waals surface area (Å²) in [6.45, 7) is 14.3. The fourth-order valence-corrected chi connectivity index (χ4v) is 4.08. The first-order chi connectivity index (χ1) is 18.1. The normalized spacial score (nSPS) is 15.7. The fourth-order valence-electron chi connectivity index (χ4n) is 4.08. The molecule has 2 aromatic heterocycles. The Morgan fingerprint density at radius 3 is 2.53 bits per heavy atom. The highest BCUT2D eigenvalue weighted by Crippen LogP contribution is 2.36. The van der Waals surface area contributed by atoms with Crippen molar-refractivity contribution >= 4 is 5.70 Å². The third kappa shape index (κ3) is 7.38. The maximum Gasteiger partial charge on any atom is 0.226 e. The van der Waals surface area contributed by atoms with Crippen LogP contribution < -0.4 is 11.5 Å². The van der Waals surface area contributed by atoms with Crippen LogP contribution in [0.3, 0.4) is 0 Å². The van der Waals surface area contributed by atoms with Gasteiger partial charge in [0.15, 0.2) is 5.76 Å². The lowest BCUT2D eigenvalue weighted by molar-refractivity contribution is 0.0490. The van der Waals surface area contributed by atoms with E-state index in [1.54, 1.807) is 44.5 Å². The van der Waals surface area contributed by atoms with E-state index >= 15 is 0 Å². The first kappa shape index (κ1) is 30.4. The van der Waals surface area contributed by atoms with Gasteiger partial charge in [-0.2, -0.15) is 0 Å². The van der Waals surface area contributed by atoms with E-state index in [0.717, 1.165) is 30.4 Å². The van der Waals surface area contributed by atoms with E-state index in [2.05, 4.69) is 16.5 Å². The van der Waals surface area contributed by atoms with Gasteiger partial charge in [0, 0.05) is 29.1 Å². The Morgan fingerprint density at radius 2 is 1.92 bits per heavy atom. The zero-order chi connectivity index (χ0) is 28.5. The molecule has 1 aliphatic rings. The second-order valence-electron chi connectivity index (χ2n) is 9.28. The molecule has 1 unspecified atom stereocenters. The van der Waals surface area contributed by atoms with Gasteiger partial charge in [-0.05, 0) is 70.2 Å². The number of hydrogen-bond donors (Lipinski definition) is 3. The highest BCUT2D eigenvalue weighted by Gasteiger charge is 2.26. The van der Waals surface area contributed by atoms with Crippen LogP contribution in [0, 0.1) is 12.7 Å². The van der Waals surface area contributed by atoms with Crippen LogP contribution in [0.15, 0.2) is 71.2 Å². The maximum absolute atomic E-state index is 14.4. The summed E-state index contributed by atoms with van der Waals surface area (Å²) in [6, 6.07) is 4.89. The Balaban J connectivity index is 0.000000947. The van der Waals surface area contributed by atoms with Crippen molar-refractivity contribution in [3.05, 3.63) is 95.3 Å². The van der Waals surface area contributed by atoms with Crippen molar-refractivity contribution in [2.45, 2.75) is 72.3 Å². The van der Waals surface area contributed by atoms with Crippen LogP contribution in [0.25, 0.3) is 17.2 Å². The molecule has 3 aromatic rings. The average molecular weight is 522 g/mol. The summed E-state index contributed by atoms with van der Waals surface area (Å²) < 4.78 is 20.0. The molecule has 0 saturated carbocycles. The molecule has 7 nitrogen and oxygen atoms in total. The Hall–Kier alpha value is -3.78. The third-order valence-corrected chi connectivity index (χ3v) is 5.82. The molecule has 1 aromatic carbocycles. The molecular weight excluding hydrogens is 481 g/mol. The summed E-state index contributed by atoms with van der Waals surface area (Å²) >= 11 is 0. The molecular formula is C30H40FN5O2. The lowest BCUT2D eigenvalue weighted by Gasteiger charge is -2.25. The molecule has 0 spiro atoms. The number of aryl methyl sites for hydroxylation is 1. The van der Waals surface area contributed by atoms with E-state index in [1.807, 2.05) is 33.8 Å². The summed E-state index contributed by atoms with van der Waals surface area (Å²) in [5.41, 5.74) is 15.9. The average Bonchev–Trinajstić information content (AvgIpc) is 3.38. The molecule has 5 N–H and O–H groups in total. The van der Waals surface area contributed by atoms with Crippen LogP contribution in [-0.2, 0) is 5.60 Å². The highest BCUT2D eigenvalue weighted by atomic mass is 19.1. The molecule has 0 radical (unpaired) electrons. The molecule has 0 bridgehead atoms. The summed E-state index contributed by atoms with van der Waals surface area (Å²) in [4.78, 5) is 13.2. The molecule has 1 aliphatic carbocycles. The first-order valence-corrected chi connectivity index (χ1v) is 12.9. The Bertz CT molecular complexity index is 1270. The second-order valence-corrected chi connectivity index (χ2v) is 9.28. The third-order valence-electron chi connectivity index (χ3n) is 5.82. The molecule has 1 atom stereocenters. The van der Waals surface area contributed by atoms with Gasteiger partial charge < -0.3 is 21.0 Å².